The zero-order chi connectivity index (χ0) is 10.3. The Hall–Kier alpha value is -1.48. The number of hydrogen-bond donors (Lipinski definition) is 0. The maximum Gasteiger partial charge on any atom is 0.124 e. The van der Waals surface area contributed by atoms with Crippen molar-refractivity contribution in [3.63, 3.8) is 0 Å². The predicted molar refractivity (Wildman–Crippen MR) is 64.3 cm³/mol. The van der Waals surface area contributed by atoms with E-state index in [4.69, 9.17) is 0 Å². The third-order valence-corrected chi connectivity index (χ3v) is 3.61. The molecule has 0 bridgehead atoms. The average molecular weight is 214 g/mol. The summed E-state index contributed by atoms with van der Waals surface area (Å²) in [5.41, 5.74) is 1.15. The Morgan fingerprint density at radius 1 is 1.20 bits per heavy atom. The Kier molecular flexibility index (Phi) is 1.92. The molecule has 0 atom stereocenters. The number of pyridine rings is 2. The topological polar surface area (TPSA) is 25.8 Å². The van der Waals surface area contributed by atoms with Crippen LogP contribution in [0, 0.1) is 0 Å². The molecule has 3 rings (SSSR count). The van der Waals surface area contributed by atoms with Gasteiger partial charge in [-0.05, 0) is 24.6 Å². The van der Waals surface area contributed by atoms with Crippen LogP contribution in [0.15, 0.2) is 30.6 Å². The molecule has 3 aromatic rings. The van der Waals surface area contributed by atoms with Crippen molar-refractivity contribution >= 4 is 31.6 Å². The van der Waals surface area contributed by atoms with Gasteiger partial charge in [-0.1, -0.05) is 6.92 Å². The van der Waals surface area contributed by atoms with Gasteiger partial charge in [0, 0.05) is 28.9 Å². The Morgan fingerprint density at radius 2 is 2.13 bits per heavy atom. The number of fused-ring (bicyclic) bond motifs is 3. The molecule has 3 aromatic heterocycles. The molecule has 74 valence electrons. The highest BCUT2D eigenvalue weighted by Gasteiger charge is 2.05. The van der Waals surface area contributed by atoms with Crippen LogP contribution in [0.25, 0.3) is 20.3 Å². The fourth-order valence-electron chi connectivity index (χ4n) is 1.75. The molecule has 0 aliphatic carbocycles. The summed E-state index contributed by atoms with van der Waals surface area (Å²) in [6, 6.07) is 6.33. The zero-order valence-corrected chi connectivity index (χ0v) is 9.21. The number of rotatable bonds is 1. The molecule has 0 aliphatic heterocycles. The second-order valence-corrected chi connectivity index (χ2v) is 4.51. The van der Waals surface area contributed by atoms with E-state index in [-0.39, 0.29) is 0 Å². The summed E-state index contributed by atoms with van der Waals surface area (Å²) < 4.78 is 1.22. The molecule has 2 nitrogen and oxygen atoms in total. The lowest BCUT2D eigenvalue weighted by molar-refractivity contribution is 1.06. The highest BCUT2D eigenvalue weighted by atomic mass is 32.1. The van der Waals surface area contributed by atoms with Crippen molar-refractivity contribution in [3.8, 4) is 0 Å². The number of thiophene rings is 1. The maximum atomic E-state index is 4.62. The minimum absolute atomic E-state index is 0.989. The summed E-state index contributed by atoms with van der Waals surface area (Å²) in [6.45, 7) is 2.13. The summed E-state index contributed by atoms with van der Waals surface area (Å²) >= 11 is 1.72. The highest BCUT2D eigenvalue weighted by Crippen LogP contribution is 2.31. The first-order valence-corrected chi connectivity index (χ1v) is 5.82. The van der Waals surface area contributed by atoms with E-state index >= 15 is 0 Å². The Morgan fingerprint density at radius 3 is 3.00 bits per heavy atom. The van der Waals surface area contributed by atoms with Crippen LogP contribution >= 0.6 is 11.3 Å². The quantitative estimate of drug-likeness (QED) is 0.620. The van der Waals surface area contributed by atoms with Crippen molar-refractivity contribution < 1.29 is 0 Å². The molecule has 0 fully saturated rings. The van der Waals surface area contributed by atoms with E-state index < -0.39 is 0 Å². The standard InChI is InChI=1S/C12H10N2S/c1-2-8-3-4-10-9-5-6-13-7-11(9)15-12(10)14-8/h3-7H,2H2,1H3. The first-order valence-electron chi connectivity index (χ1n) is 5.00. The zero-order valence-electron chi connectivity index (χ0n) is 8.40. The van der Waals surface area contributed by atoms with E-state index in [0.717, 1.165) is 16.9 Å². The second kappa shape index (κ2) is 3.28. The van der Waals surface area contributed by atoms with Crippen molar-refractivity contribution in [1.82, 2.24) is 9.97 Å². The van der Waals surface area contributed by atoms with Gasteiger partial charge < -0.3 is 0 Å². The third kappa shape index (κ3) is 1.31. The van der Waals surface area contributed by atoms with Crippen LogP contribution in [0.1, 0.15) is 12.6 Å². The molecule has 0 spiro atoms. The van der Waals surface area contributed by atoms with Crippen LogP contribution in [-0.4, -0.2) is 9.97 Å². The van der Waals surface area contributed by atoms with E-state index in [1.165, 1.54) is 15.5 Å². The number of hydrogen-bond acceptors (Lipinski definition) is 3. The Labute approximate surface area is 91.6 Å². The average Bonchev–Trinajstić information content (AvgIpc) is 2.66. The fraction of sp³-hybridized carbons (Fsp3) is 0.167. The number of nitrogens with zero attached hydrogens (tertiary/aromatic N) is 2. The van der Waals surface area contributed by atoms with Crippen LogP contribution in [0.4, 0.5) is 0 Å². The molecule has 0 radical (unpaired) electrons. The molecular weight excluding hydrogens is 204 g/mol. The van der Waals surface area contributed by atoms with Crippen LogP contribution in [0.3, 0.4) is 0 Å². The molecule has 3 heteroatoms. The van der Waals surface area contributed by atoms with E-state index in [1.54, 1.807) is 11.3 Å². The van der Waals surface area contributed by atoms with Crippen LogP contribution in [-0.2, 0) is 6.42 Å². The third-order valence-electron chi connectivity index (χ3n) is 2.56. The summed E-state index contributed by atoms with van der Waals surface area (Å²) in [7, 11) is 0. The molecule has 0 aliphatic rings. The highest BCUT2D eigenvalue weighted by molar-refractivity contribution is 7.25. The molecule has 0 saturated carbocycles. The Bertz CT molecular complexity index is 628. The van der Waals surface area contributed by atoms with Crippen LogP contribution < -0.4 is 0 Å². The molecule has 15 heavy (non-hydrogen) atoms. The summed E-state index contributed by atoms with van der Waals surface area (Å²) in [5, 5.41) is 2.51. The van der Waals surface area contributed by atoms with Crippen molar-refractivity contribution in [2.45, 2.75) is 13.3 Å². The van der Waals surface area contributed by atoms with Crippen molar-refractivity contribution in [3.05, 3.63) is 36.3 Å². The van der Waals surface area contributed by atoms with Crippen molar-refractivity contribution in [1.29, 1.82) is 0 Å². The lowest BCUT2D eigenvalue weighted by Gasteiger charge is -1.94. The lowest BCUT2D eigenvalue weighted by Crippen LogP contribution is -1.83. The SMILES string of the molecule is CCc1ccc2c(n1)sc1cnccc12. The van der Waals surface area contributed by atoms with Crippen molar-refractivity contribution in [2.75, 3.05) is 0 Å². The van der Waals surface area contributed by atoms with Crippen molar-refractivity contribution in [2.24, 2.45) is 0 Å². The largest absolute Gasteiger partial charge is 0.263 e. The summed E-state index contributed by atoms with van der Waals surface area (Å²) in [4.78, 5) is 9.88. The van der Waals surface area contributed by atoms with Gasteiger partial charge in [-0.15, -0.1) is 11.3 Å². The van der Waals surface area contributed by atoms with Crippen LogP contribution in [0.5, 0.6) is 0 Å². The molecule has 0 saturated heterocycles. The van der Waals surface area contributed by atoms with Gasteiger partial charge in [0.1, 0.15) is 4.83 Å². The minimum atomic E-state index is 0.989. The van der Waals surface area contributed by atoms with Gasteiger partial charge in [-0.25, -0.2) is 4.98 Å². The maximum absolute atomic E-state index is 4.62. The normalized spacial score (nSPS) is 11.3. The van der Waals surface area contributed by atoms with E-state index in [9.17, 15) is 0 Å². The van der Waals surface area contributed by atoms with Gasteiger partial charge in [0.05, 0.1) is 4.70 Å². The molecule has 0 aromatic carbocycles. The predicted octanol–water partition coefficient (Wildman–Crippen LogP) is 3.41. The van der Waals surface area contributed by atoms with Gasteiger partial charge in [0.2, 0.25) is 0 Å². The molecule has 3 heterocycles. The van der Waals surface area contributed by atoms with E-state index in [2.05, 4.69) is 35.1 Å². The van der Waals surface area contributed by atoms with Crippen LogP contribution in [0.2, 0.25) is 0 Å². The minimum Gasteiger partial charge on any atom is -0.263 e. The monoisotopic (exact) mass is 214 g/mol. The van der Waals surface area contributed by atoms with Gasteiger partial charge in [-0.2, -0.15) is 0 Å². The molecule has 0 N–H and O–H groups in total. The second-order valence-electron chi connectivity index (χ2n) is 3.48. The summed E-state index contributed by atoms with van der Waals surface area (Å²) in [5.74, 6) is 0. The first kappa shape index (κ1) is 8.80. The van der Waals surface area contributed by atoms with E-state index in [0.29, 0.717) is 0 Å². The molecule has 0 amide bonds. The lowest BCUT2D eigenvalue weighted by atomic mass is 10.2. The fourth-order valence-corrected chi connectivity index (χ4v) is 2.81. The van der Waals surface area contributed by atoms with Gasteiger partial charge in [0.15, 0.2) is 0 Å². The summed E-state index contributed by atoms with van der Waals surface area (Å²) in [6.07, 6.45) is 4.73. The molecular formula is C12H10N2S. The number of aryl methyl sites for hydroxylation is 1. The molecule has 0 unspecified atom stereocenters. The van der Waals surface area contributed by atoms with Gasteiger partial charge in [-0.3, -0.25) is 4.98 Å². The first-order chi connectivity index (χ1) is 7.38. The smallest absolute Gasteiger partial charge is 0.124 e. The van der Waals surface area contributed by atoms with E-state index in [1.807, 2.05) is 12.4 Å². The van der Waals surface area contributed by atoms with Gasteiger partial charge >= 0.3 is 0 Å². The number of aromatic nitrogens is 2. The van der Waals surface area contributed by atoms with Gasteiger partial charge in [0.25, 0.3) is 0 Å². The Balaban J connectivity index is 2.43.